The van der Waals surface area contributed by atoms with E-state index >= 15 is 0 Å². The van der Waals surface area contributed by atoms with Crippen LogP contribution in [0.15, 0.2) is 53.3 Å². The average Bonchev–Trinajstić information content (AvgIpc) is 2.72. The molecule has 4 nitrogen and oxygen atoms in total. The Balaban J connectivity index is 2.27. The molecule has 0 fully saturated rings. The van der Waals surface area contributed by atoms with Crippen molar-refractivity contribution in [3.8, 4) is 4.90 Å². The normalized spacial score (nSPS) is 11.8. The largest absolute Gasteiger partial charge is 0.478 e. The van der Waals surface area contributed by atoms with Gasteiger partial charge < -0.3 is 5.11 Å². The number of hydrogen-bond donors (Lipinski definition) is 1. The molecule has 0 bridgehead atoms. The molecule has 1 aromatic heterocycles. The fourth-order valence-electron chi connectivity index (χ4n) is 2.22. The van der Waals surface area contributed by atoms with Crippen molar-refractivity contribution in [3.63, 3.8) is 0 Å². The molecular weight excluding hydrogens is 274 g/mol. The van der Waals surface area contributed by atoms with Crippen LogP contribution < -0.4 is 5.56 Å². The number of carboxylic acid groups (broad SMARTS) is 1. The van der Waals surface area contributed by atoms with Crippen LogP contribution in [0.5, 0.6) is 0 Å². The molecule has 0 radical (unpaired) electrons. The standard InChI is InChI=1S/C15H11NO3S/c1-16-14(17)12-4-2-3-5-13(12)20(16)11-8-6-10(7-9-11)15(18)19/h2-9H,1H3/p+1. The lowest BCUT2D eigenvalue weighted by atomic mass is 10.2. The lowest BCUT2D eigenvalue weighted by Crippen LogP contribution is -2.09. The van der Waals surface area contributed by atoms with Crippen LogP contribution in [-0.4, -0.2) is 15.0 Å². The van der Waals surface area contributed by atoms with E-state index < -0.39 is 16.6 Å². The monoisotopic (exact) mass is 286 g/mol. The molecule has 0 aliphatic heterocycles. The van der Waals surface area contributed by atoms with Gasteiger partial charge in [-0.2, -0.15) is 0 Å². The number of fused-ring (bicyclic) bond motifs is 1. The van der Waals surface area contributed by atoms with Gasteiger partial charge in [-0.05, 0) is 18.2 Å². The predicted octanol–water partition coefficient (Wildman–Crippen LogP) is 2.98. The van der Waals surface area contributed by atoms with Gasteiger partial charge in [0.2, 0.25) is 9.60 Å². The van der Waals surface area contributed by atoms with E-state index in [4.69, 9.17) is 5.11 Å². The van der Waals surface area contributed by atoms with Crippen LogP contribution in [0.25, 0.3) is 15.0 Å². The van der Waals surface area contributed by atoms with Gasteiger partial charge in [-0.15, -0.1) is 3.96 Å². The van der Waals surface area contributed by atoms with E-state index in [9.17, 15) is 9.59 Å². The molecule has 3 aromatic rings. The van der Waals surface area contributed by atoms with Crippen LogP contribution in [-0.2, 0) is 7.05 Å². The summed E-state index contributed by atoms with van der Waals surface area (Å²) in [5.41, 5.74) is 0.255. The summed E-state index contributed by atoms with van der Waals surface area (Å²) < 4.78 is 2.70. The third kappa shape index (κ3) is 1.83. The number of hydrogen-bond acceptors (Lipinski definition) is 2. The second-order valence-corrected chi connectivity index (χ2v) is 6.44. The van der Waals surface area contributed by atoms with Crippen molar-refractivity contribution >= 4 is 26.7 Å². The molecule has 0 spiro atoms. The maximum Gasteiger partial charge on any atom is 0.335 e. The zero-order valence-electron chi connectivity index (χ0n) is 10.7. The molecule has 20 heavy (non-hydrogen) atoms. The van der Waals surface area contributed by atoms with Crippen molar-refractivity contribution in [1.82, 2.24) is 3.96 Å². The van der Waals surface area contributed by atoms with E-state index in [1.807, 2.05) is 24.3 Å². The molecule has 1 atom stereocenters. The number of carbonyl (C=O) groups is 1. The third-order valence-electron chi connectivity index (χ3n) is 3.21. The Morgan fingerprint density at radius 3 is 2.40 bits per heavy atom. The van der Waals surface area contributed by atoms with Crippen LogP contribution in [0.1, 0.15) is 10.4 Å². The van der Waals surface area contributed by atoms with Crippen molar-refractivity contribution in [2.24, 2.45) is 7.05 Å². The van der Waals surface area contributed by atoms with Gasteiger partial charge in [0.25, 0.3) is 0 Å². The summed E-state index contributed by atoms with van der Waals surface area (Å²) in [7, 11) is 1.30. The molecule has 2 aromatic carbocycles. The number of aromatic nitrogens is 1. The second kappa shape index (κ2) is 4.61. The SMILES string of the molecule is Cn1c(=O)c2ccccc2[s+]1-c1ccc(C(=O)O)cc1. The van der Waals surface area contributed by atoms with Crippen LogP contribution >= 0.6 is 10.7 Å². The molecule has 1 heterocycles. The Kier molecular flexibility index (Phi) is 2.91. The van der Waals surface area contributed by atoms with E-state index in [-0.39, 0.29) is 11.1 Å². The minimum atomic E-state index is -0.948. The van der Waals surface area contributed by atoms with Crippen molar-refractivity contribution in [3.05, 3.63) is 64.4 Å². The minimum absolute atomic E-state index is 0.00578. The first-order valence-electron chi connectivity index (χ1n) is 6.04. The molecule has 3 rings (SSSR count). The summed E-state index contributed by atoms with van der Waals surface area (Å²) in [5.74, 6) is -0.948. The van der Waals surface area contributed by atoms with Gasteiger partial charge in [-0.3, -0.25) is 4.79 Å². The van der Waals surface area contributed by atoms with Gasteiger partial charge in [0, 0.05) is 18.2 Å². The molecule has 100 valence electrons. The summed E-state index contributed by atoms with van der Waals surface area (Å²) in [6.07, 6.45) is 0. The van der Waals surface area contributed by atoms with E-state index in [1.165, 1.54) is 0 Å². The number of benzene rings is 2. The Labute approximate surface area is 117 Å². The summed E-state index contributed by atoms with van der Waals surface area (Å²) in [5, 5.41) is 9.65. The molecule has 0 saturated carbocycles. The van der Waals surface area contributed by atoms with Gasteiger partial charge in [0.05, 0.1) is 12.6 Å². The van der Waals surface area contributed by atoms with Crippen LogP contribution in [0.3, 0.4) is 0 Å². The van der Waals surface area contributed by atoms with E-state index in [1.54, 1.807) is 35.3 Å². The number of aromatic carboxylic acids is 1. The first kappa shape index (κ1) is 12.6. The first-order chi connectivity index (χ1) is 9.59. The highest BCUT2D eigenvalue weighted by molar-refractivity contribution is 7.41. The Morgan fingerprint density at radius 1 is 1.10 bits per heavy atom. The molecule has 0 amide bonds. The van der Waals surface area contributed by atoms with Crippen molar-refractivity contribution in [2.45, 2.75) is 0 Å². The van der Waals surface area contributed by atoms with Crippen molar-refractivity contribution in [2.75, 3.05) is 0 Å². The maximum atomic E-state index is 12.2. The summed E-state index contributed by atoms with van der Waals surface area (Å²) >= 11 is 0. The molecular formula is C15H12NO3S+. The van der Waals surface area contributed by atoms with E-state index in [0.717, 1.165) is 15.0 Å². The van der Waals surface area contributed by atoms with Gasteiger partial charge in [0.15, 0.2) is 0 Å². The molecule has 5 heteroatoms. The topological polar surface area (TPSA) is 59.3 Å². The third-order valence-corrected chi connectivity index (χ3v) is 5.42. The lowest BCUT2D eigenvalue weighted by Gasteiger charge is -1.95. The smallest absolute Gasteiger partial charge is 0.335 e. The first-order valence-corrected chi connectivity index (χ1v) is 7.22. The number of rotatable bonds is 2. The predicted molar refractivity (Wildman–Crippen MR) is 80.0 cm³/mol. The summed E-state index contributed by atoms with van der Waals surface area (Å²) in [6, 6.07) is 14.2. The molecule has 0 aliphatic rings. The highest BCUT2D eigenvalue weighted by Gasteiger charge is 2.23. The molecule has 1 unspecified atom stereocenters. The number of carboxylic acids is 1. The number of nitrogens with zero attached hydrogens (tertiary/aromatic N) is 1. The quantitative estimate of drug-likeness (QED) is 0.737. The van der Waals surface area contributed by atoms with Crippen LogP contribution in [0.2, 0.25) is 0 Å². The summed E-state index contributed by atoms with van der Waals surface area (Å²) in [6.45, 7) is 0. The fourth-order valence-corrected chi connectivity index (χ4v) is 4.32. The Hall–Kier alpha value is -2.40. The maximum absolute atomic E-state index is 12.2. The minimum Gasteiger partial charge on any atom is -0.478 e. The van der Waals surface area contributed by atoms with Gasteiger partial charge in [-0.25, -0.2) is 4.79 Å². The average molecular weight is 286 g/mol. The van der Waals surface area contributed by atoms with Gasteiger partial charge in [0.1, 0.15) is 16.1 Å². The van der Waals surface area contributed by atoms with Gasteiger partial charge in [-0.1, -0.05) is 12.1 Å². The summed E-state index contributed by atoms with van der Waals surface area (Å²) in [4.78, 5) is 24.0. The van der Waals surface area contributed by atoms with E-state index in [2.05, 4.69) is 0 Å². The highest BCUT2D eigenvalue weighted by Crippen LogP contribution is 2.36. The van der Waals surface area contributed by atoms with Crippen LogP contribution in [0.4, 0.5) is 0 Å². The van der Waals surface area contributed by atoms with E-state index in [0.29, 0.717) is 0 Å². The fraction of sp³-hybridized carbons (Fsp3) is 0.0667. The highest BCUT2D eigenvalue weighted by atomic mass is 32.2. The Bertz CT molecular complexity index is 859. The molecule has 1 N–H and O–H groups in total. The molecule has 0 aliphatic carbocycles. The van der Waals surface area contributed by atoms with Crippen LogP contribution in [0, 0.1) is 0 Å². The Morgan fingerprint density at radius 2 is 1.75 bits per heavy atom. The lowest BCUT2D eigenvalue weighted by molar-refractivity contribution is 0.0697. The van der Waals surface area contributed by atoms with Gasteiger partial charge >= 0.3 is 11.5 Å². The molecule has 0 saturated heterocycles. The second-order valence-electron chi connectivity index (χ2n) is 4.41. The van der Waals surface area contributed by atoms with Crippen molar-refractivity contribution in [1.29, 1.82) is 0 Å². The van der Waals surface area contributed by atoms with Crippen molar-refractivity contribution < 1.29 is 9.90 Å². The zero-order chi connectivity index (χ0) is 14.3. The zero-order valence-corrected chi connectivity index (χ0v) is 11.6.